The van der Waals surface area contributed by atoms with Gasteiger partial charge < -0.3 is 10.2 Å². The van der Waals surface area contributed by atoms with Gasteiger partial charge in [0.25, 0.3) is 0 Å². The van der Waals surface area contributed by atoms with Crippen LogP contribution >= 0.6 is 24.2 Å². The van der Waals surface area contributed by atoms with Crippen LogP contribution in [0.5, 0.6) is 0 Å². The summed E-state index contributed by atoms with van der Waals surface area (Å²) in [7, 11) is 0. The van der Waals surface area contributed by atoms with Gasteiger partial charge in [-0.05, 0) is 45.7 Å². The second-order valence-electron chi connectivity index (χ2n) is 5.56. The van der Waals surface area contributed by atoms with E-state index in [-0.39, 0.29) is 12.4 Å². The van der Waals surface area contributed by atoms with Crippen LogP contribution in [-0.4, -0.2) is 48.1 Å². The second-order valence-corrected chi connectivity index (χ2v) is 7.36. The quantitative estimate of drug-likeness (QED) is 0.824. The first kappa shape index (κ1) is 14.6. The molecule has 2 aliphatic rings. The van der Waals surface area contributed by atoms with Gasteiger partial charge >= 0.3 is 0 Å². The molecular weight excluding hydrogens is 240 g/mol. The normalized spacial score (nSPS) is 30.8. The maximum absolute atomic E-state index is 3.51. The van der Waals surface area contributed by atoms with Crippen molar-refractivity contribution in [3.8, 4) is 0 Å². The first-order valence-corrected chi connectivity index (χ1v) is 7.21. The van der Waals surface area contributed by atoms with Crippen LogP contribution in [0, 0.1) is 5.92 Å². The Labute approximate surface area is 110 Å². The van der Waals surface area contributed by atoms with Gasteiger partial charge in [0.05, 0.1) is 0 Å². The molecule has 0 saturated carbocycles. The summed E-state index contributed by atoms with van der Waals surface area (Å²) in [6.07, 6.45) is 2.80. The van der Waals surface area contributed by atoms with Crippen LogP contribution in [0.15, 0.2) is 0 Å². The second kappa shape index (κ2) is 6.48. The zero-order valence-electron chi connectivity index (χ0n) is 10.5. The van der Waals surface area contributed by atoms with Crippen LogP contribution in [0.2, 0.25) is 0 Å². The Hall–Kier alpha value is 0.560. The molecule has 96 valence electrons. The minimum Gasteiger partial charge on any atom is -0.316 e. The van der Waals surface area contributed by atoms with Crippen LogP contribution in [0.1, 0.15) is 26.7 Å². The molecule has 0 aromatic carbocycles. The SMILES string of the molecule is CC1(C)CN(CC2CCCNC2)CCS1.Cl. The Morgan fingerprint density at radius 1 is 1.44 bits per heavy atom. The maximum Gasteiger partial charge on any atom is 0.0231 e. The summed E-state index contributed by atoms with van der Waals surface area (Å²) in [6, 6.07) is 0. The highest BCUT2D eigenvalue weighted by molar-refractivity contribution is 8.00. The molecule has 0 aromatic rings. The first-order chi connectivity index (χ1) is 7.16. The van der Waals surface area contributed by atoms with Crippen molar-refractivity contribution in [2.24, 2.45) is 5.92 Å². The van der Waals surface area contributed by atoms with Crippen LogP contribution in [0.25, 0.3) is 0 Å². The standard InChI is InChI=1S/C12H24N2S.ClH/c1-12(2)10-14(6-7-15-12)9-11-4-3-5-13-8-11;/h11,13H,3-10H2,1-2H3;1H. The molecule has 2 rings (SSSR count). The van der Waals surface area contributed by atoms with Gasteiger partial charge in [-0.3, -0.25) is 0 Å². The molecule has 0 amide bonds. The summed E-state index contributed by atoms with van der Waals surface area (Å²) in [6.45, 7) is 11.1. The van der Waals surface area contributed by atoms with Crippen LogP contribution in [0.4, 0.5) is 0 Å². The Morgan fingerprint density at radius 3 is 2.88 bits per heavy atom. The molecule has 1 unspecified atom stereocenters. The van der Waals surface area contributed by atoms with Gasteiger partial charge in [-0.25, -0.2) is 0 Å². The summed E-state index contributed by atoms with van der Waals surface area (Å²) >= 11 is 2.13. The average molecular weight is 265 g/mol. The van der Waals surface area contributed by atoms with Crippen molar-refractivity contribution in [3.05, 3.63) is 0 Å². The summed E-state index contributed by atoms with van der Waals surface area (Å²) in [5, 5.41) is 3.51. The fourth-order valence-corrected chi connectivity index (χ4v) is 3.89. The van der Waals surface area contributed by atoms with E-state index in [1.807, 2.05) is 0 Å². The number of hydrogen-bond acceptors (Lipinski definition) is 3. The molecular formula is C12H25ClN2S. The molecule has 1 N–H and O–H groups in total. The highest BCUT2D eigenvalue weighted by atomic mass is 35.5. The Balaban J connectivity index is 0.00000128. The lowest BCUT2D eigenvalue weighted by Gasteiger charge is -2.39. The molecule has 4 heteroatoms. The van der Waals surface area contributed by atoms with Crippen molar-refractivity contribution in [2.45, 2.75) is 31.4 Å². The van der Waals surface area contributed by atoms with Crippen LogP contribution in [-0.2, 0) is 0 Å². The van der Waals surface area contributed by atoms with E-state index in [0.29, 0.717) is 4.75 Å². The fourth-order valence-electron chi connectivity index (χ4n) is 2.72. The minimum atomic E-state index is 0. The summed E-state index contributed by atoms with van der Waals surface area (Å²) in [4.78, 5) is 2.67. The van der Waals surface area contributed by atoms with Crippen molar-refractivity contribution < 1.29 is 0 Å². The van der Waals surface area contributed by atoms with Gasteiger partial charge in [-0.2, -0.15) is 11.8 Å². The number of halogens is 1. The van der Waals surface area contributed by atoms with E-state index in [1.54, 1.807) is 0 Å². The zero-order valence-corrected chi connectivity index (χ0v) is 12.1. The van der Waals surface area contributed by atoms with E-state index in [0.717, 1.165) is 5.92 Å². The molecule has 1 atom stereocenters. The molecule has 2 fully saturated rings. The monoisotopic (exact) mass is 264 g/mol. The van der Waals surface area contributed by atoms with Crippen molar-refractivity contribution in [1.29, 1.82) is 0 Å². The number of nitrogens with one attached hydrogen (secondary N) is 1. The van der Waals surface area contributed by atoms with Gasteiger partial charge in [-0.15, -0.1) is 12.4 Å². The summed E-state index contributed by atoms with van der Waals surface area (Å²) < 4.78 is 0.473. The van der Waals surface area contributed by atoms with E-state index >= 15 is 0 Å². The van der Waals surface area contributed by atoms with Crippen molar-refractivity contribution in [3.63, 3.8) is 0 Å². The molecule has 2 aliphatic heterocycles. The van der Waals surface area contributed by atoms with Crippen LogP contribution in [0.3, 0.4) is 0 Å². The lowest BCUT2D eigenvalue weighted by molar-refractivity contribution is 0.200. The van der Waals surface area contributed by atoms with E-state index in [2.05, 4.69) is 35.8 Å². The predicted molar refractivity (Wildman–Crippen MR) is 75.8 cm³/mol. The number of thioether (sulfide) groups is 1. The number of nitrogens with zero attached hydrogens (tertiary/aromatic N) is 1. The third kappa shape index (κ3) is 4.44. The topological polar surface area (TPSA) is 15.3 Å². The zero-order chi connectivity index (χ0) is 10.7. The predicted octanol–water partition coefficient (Wildman–Crippen LogP) is 2.24. The molecule has 0 aliphatic carbocycles. The largest absolute Gasteiger partial charge is 0.316 e. The van der Waals surface area contributed by atoms with Crippen molar-refractivity contribution >= 4 is 24.2 Å². The third-order valence-corrected chi connectivity index (χ3v) is 4.72. The maximum atomic E-state index is 3.51. The van der Waals surface area contributed by atoms with E-state index in [1.165, 1.54) is 51.3 Å². The smallest absolute Gasteiger partial charge is 0.0231 e. The average Bonchev–Trinajstić information content (AvgIpc) is 2.17. The Bertz CT molecular complexity index is 205. The summed E-state index contributed by atoms with van der Waals surface area (Å²) in [5.41, 5.74) is 0. The lowest BCUT2D eigenvalue weighted by atomic mass is 9.98. The molecule has 0 radical (unpaired) electrons. The molecule has 2 nitrogen and oxygen atoms in total. The highest BCUT2D eigenvalue weighted by Gasteiger charge is 2.28. The first-order valence-electron chi connectivity index (χ1n) is 6.23. The van der Waals surface area contributed by atoms with Gasteiger partial charge in [0, 0.05) is 30.1 Å². The summed E-state index contributed by atoms with van der Waals surface area (Å²) in [5.74, 6) is 2.21. The van der Waals surface area contributed by atoms with Crippen molar-refractivity contribution in [1.82, 2.24) is 10.2 Å². The van der Waals surface area contributed by atoms with Gasteiger partial charge in [0.15, 0.2) is 0 Å². The van der Waals surface area contributed by atoms with Gasteiger partial charge in [0.1, 0.15) is 0 Å². The minimum absolute atomic E-state index is 0. The number of hydrogen-bond donors (Lipinski definition) is 1. The van der Waals surface area contributed by atoms with E-state index in [4.69, 9.17) is 0 Å². The van der Waals surface area contributed by atoms with Crippen molar-refractivity contribution in [2.75, 3.05) is 38.5 Å². The third-order valence-electron chi connectivity index (χ3n) is 3.42. The van der Waals surface area contributed by atoms with Gasteiger partial charge in [-0.1, -0.05) is 0 Å². The Kier molecular flexibility index (Phi) is 5.92. The molecule has 2 heterocycles. The van der Waals surface area contributed by atoms with E-state index < -0.39 is 0 Å². The number of rotatable bonds is 2. The number of piperidine rings is 1. The highest BCUT2D eigenvalue weighted by Crippen LogP contribution is 2.30. The molecule has 0 spiro atoms. The molecule has 2 saturated heterocycles. The molecule has 16 heavy (non-hydrogen) atoms. The fraction of sp³-hybridized carbons (Fsp3) is 1.00. The molecule has 0 aromatic heterocycles. The molecule has 0 bridgehead atoms. The lowest BCUT2D eigenvalue weighted by Crippen LogP contribution is -2.47. The Morgan fingerprint density at radius 2 is 2.25 bits per heavy atom. The van der Waals surface area contributed by atoms with E-state index in [9.17, 15) is 0 Å². The van der Waals surface area contributed by atoms with Crippen LogP contribution < -0.4 is 5.32 Å². The van der Waals surface area contributed by atoms with Gasteiger partial charge in [0.2, 0.25) is 0 Å².